The lowest BCUT2D eigenvalue weighted by molar-refractivity contribution is 0.0391. The molecule has 0 bridgehead atoms. The van der Waals surface area contributed by atoms with Gasteiger partial charge < -0.3 is 4.74 Å². The van der Waals surface area contributed by atoms with Crippen LogP contribution < -0.4 is 4.90 Å². The number of benzene rings is 2. The molecule has 0 saturated carbocycles. The summed E-state index contributed by atoms with van der Waals surface area (Å²) in [5.74, 6) is -0.151. The molecule has 0 N–H and O–H groups in total. The summed E-state index contributed by atoms with van der Waals surface area (Å²) < 4.78 is 6.55. The molecule has 1 aromatic heterocycles. The fraction of sp³-hybridized carbons (Fsp3) is 0.364. The fourth-order valence-electron chi connectivity index (χ4n) is 3.55. The minimum atomic E-state index is -0.151. The molecule has 158 valence electrons. The van der Waals surface area contributed by atoms with Crippen molar-refractivity contribution in [1.82, 2.24) is 9.88 Å². The van der Waals surface area contributed by atoms with Crippen LogP contribution in [0.4, 0.5) is 5.13 Å². The summed E-state index contributed by atoms with van der Waals surface area (Å²) in [6, 6.07) is 9.10. The summed E-state index contributed by atoms with van der Waals surface area (Å²) in [5, 5.41) is 1.57. The number of aromatic nitrogens is 1. The van der Waals surface area contributed by atoms with Crippen LogP contribution in [0.2, 0.25) is 10.0 Å². The average molecular weight is 464 g/mol. The van der Waals surface area contributed by atoms with Crippen molar-refractivity contribution in [3.05, 3.63) is 57.1 Å². The van der Waals surface area contributed by atoms with E-state index in [9.17, 15) is 4.79 Å². The van der Waals surface area contributed by atoms with Crippen LogP contribution in [-0.2, 0) is 4.74 Å². The highest BCUT2D eigenvalue weighted by atomic mass is 35.5. The maximum absolute atomic E-state index is 13.5. The quantitative estimate of drug-likeness (QED) is 0.521. The van der Waals surface area contributed by atoms with Crippen molar-refractivity contribution in [2.24, 2.45) is 0 Å². The molecule has 2 aromatic carbocycles. The molecule has 0 atom stereocenters. The second-order valence-electron chi connectivity index (χ2n) is 7.44. The number of hydrogen-bond donors (Lipinski definition) is 0. The second-order valence-corrected chi connectivity index (χ2v) is 9.29. The van der Waals surface area contributed by atoms with Gasteiger partial charge in [0.15, 0.2) is 5.13 Å². The Bertz CT molecular complexity index is 1020. The molecule has 0 radical (unpaired) electrons. The molecular weight excluding hydrogens is 441 g/mol. The van der Waals surface area contributed by atoms with Crippen LogP contribution in [0, 0.1) is 13.8 Å². The minimum absolute atomic E-state index is 0.151. The van der Waals surface area contributed by atoms with Gasteiger partial charge in [-0.3, -0.25) is 14.6 Å². The molecule has 1 aliphatic heterocycles. The van der Waals surface area contributed by atoms with E-state index in [1.54, 1.807) is 34.4 Å². The zero-order valence-electron chi connectivity index (χ0n) is 17.0. The summed E-state index contributed by atoms with van der Waals surface area (Å²) in [6.07, 6.45) is 0. The lowest BCUT2D eigenvalue weighted by atomic mass is 10.1. The molecule has 0 aliphatic carbocycles. The van der Waals surface area contributed by atoms with E-state index in [0.29, 0.717) is 27.3 Å². The van der Waals surface area contributed by atoms with E-state index in [4.69, 9.17) is 32.9 Å². The minimum Gasteiger partial charge on any atom is -0.379 e. The third-order valence-electron chi connectivity index (χ3n) is 5.26. The molecule has 1 saturated heterocycles. The highest BCUT2D eigenvalue weighted by Gasteiger charge is 2.24. The van der Waals surface area contributed by atoms with Crippen LogP contribution in [0.15, 0.2) is 30.3 Å². The van der Waals surface area contributed by atoms with Crippen molar-refractivity contribution in [2.45, 2.75) is 13.8 Å². The molecule has 2 heterocycles. The van der Waals surface area contributed by atoms with Crippen LogP contribution >= 0.6 is 34.5 Å². The smallest absolute Gasteiger partial charge is 0.260 e. The molecule has 1 amide bonds. The monoisotopic (exact) mass is 463 g/mol. The van der Waals surface area contributed by atoms with Gasteiger partial charge in [-0.05, 0) is 43.2 Å². The molecule has 5 nitrogen and oxygen atoms in total. The number of hydrogen-bond acceptors (Lipinski definition) is 5. The molecule has 30 heavy (non-hydrogen) atoms. The summed E-state index contributed by atoms with van der Waals surface area (Å²) in [4.78, 5) is 22.4. The fourth-order valence-corrected chi connectivity index (χ4v) is 5.21. The number of thiazole rings is 1. The number of rotatable bonds is 5. The van der Waals surface area contributed by atoms with Gasteiger partial charge in [0.25, 0.3) is 5.91 Å². The van der Waals surface area contributed by atoms with Gasteiger partial charge in [0.1, 0.15) is 0 Å². The lowest BCUT2D eigenvalue weighted by Crippen LogP contribution is -2.43. The molecule has 8 heteroatoms. The maximum Gasteiger partial charge on any atom is 0.260 e. The number of nitrogens with zero attached hydrogens (tertiary/aromatic N) is 3. The molecular formula is C22H23Cl2N3O2S. The van der Waals surface area contributed by atoms with Gasteiger partial charge in [0.2, 0.25) is 0 Å². The number of ether oxygens (including phenoxy) is 1. The average Bonchev–Trinajstić information content (AvgIpc) is 3.17. The van der Waals surface area contributed by atoms with Crippen LogP contribution in [0.25, 0.3) is 10.2 Å². The van der Waals surface area contributed by atoms with E-state index in [1.165, 1.54) is 0 Å². The highest BCUT2D eigenvalue weighted by Crippen LogP contribution is 2.34. The molecule has 1 aliphatic rings. The Labute approximate surface area is 190 Å². The lowest BCUT2D eigenvalue weighted by Gasteiger charge is -2.29. The molecule has 0 unspecified atom stereocenters. The predicted octanol–water partition coefficient (Wildman–Crippen LogP) is 5.20. The Morgan fingerprint density at radius 3 is 2.47 bits per heavy atom. The number of carbonyl (C=O) groups is 1. The number of fused-ring (bicyclic) bond motifs is 1. The van der Waals surface area contributed by atoms with Gasteiger partial charge >= 0.3 is 0 Å². The molecule has 3 aromatic rings. The Morgan fingerprint density at radius 1 is 1.13 bits per heavy atom. The summed E-state index contributed by atoms with van der Waals surface area (Å²) >= 11 is 13.9. The largest absolute Gasteiger partial charge is 0.379 e. The van der Waals surface area contributed by atoms with Crippen LogP contribution in [-0.4, -0.2) is 55.2 Å². The van der Waals surface area contributed by atoms with Crippen LogP contribution in [0.1, 0.15) is 21.5 Å². The van der Waals surface area contributed by atoms with Gasteiger partial charge in [0.05, 0.1) is 23.4 Å². The first-order valence-electron chi connectivity index (χ1n) is 9.87. The van der Waals surface area contributed by atoms with Gasteiger partial charge in [0, 0.05) is 41.8 Å². The number of carbonyl (C=O) groups excluding carboxylic acids is 1. The number of morpholine rings is 1. The van der Waals surface area contributed by atoms with Crippen molar-refractivity contribution in [3.63, 3.8) is 0 Å². The van der Waals surface area contributed by atoms with Crippen molar-refractivity contribution >= 4 is 55.8 Å². The third-order valence-corrected chi connectivity index (χ3v) is 6.91. The Hall–Kier alpha value is -1.70. The van der Waals surface area contributed by atoms with Crippen LogP contribution in [0.5, 0.6) is 0 Å². The van der Waals surface area contributed by atoms with Crippen molar-refractivity contribution in [1.29, 1.82) is 0 Å². The van der Waals surface area contributed by atoms with E-state index in [2.05, 4.69) is 24.0 Å². The number of amides is 1. The Kier molecular flexibility index (Phi) is 6.60. The van der Waals surface area contributed by atoms with Crippen LogP contribution in [0.3, 0.4) is 0 Å². The molecule has 1 fully saturated rings. The SMILES string of the molecule is Cc1ccc(C)c2sc(N(CCN3CCOCC3)C(=O)c3cc(Cl)cc(Cl)c3)nc12. The third kappa shape index (κ3) is 4.63. The second kappa shape index (κ2) is 9.20. The summed E-state index contributed by atoms with van der Waals surface area (Å²) in [6.45, 7) is 8.56. The predicted molar refractivity (Wildman–Crippen MR) is 124 cm³/mol. The maximum atomic E-state index is 13.5. The topological polar surface area (TPSA) is 45.7 Å². The number of halogens is 2. The van der Waals surface area contributed by atoms with Gasteiger partial charge in [-0.2, -0.15) is 0 Å². The summed E-state index contributed by atoms with van der Waals surface area (Å²) in [7, 11) is 0. The highest BCUT2D eigenvalue weighted by molar-refractivity contribution is 7.22. The van der Waals surface area contributed by atoms with Gasteiger partial charge in [-0.1, -0.05) is 46.7 Å². The van der Waals surface area contributed by atoms with E-state index < -0.39 is 0 Å². The number of anilines is 1. The van der Waals surface area contributed by atoms with Gasteiger partial charge in [-0.15, -0.1) is 0 Å². The Balaban J connectivity index is 1.70. The molecule has 0 spiro atoms. The standard InChI is InChI=1S/C22H23Cl2N3O2S/c1-14-3-4-15(2)20-19(14)25-22(30-20)27(6-5-26-7-9-29-10-8-26)21(28)16-11-17(23)13-18(24)12-16/h3-4,11-13H,5-10H2,1-2H3. The van der Waals surface area contributed by atoms with Crippen molar-refractivity contribution in [3.8, 4) is 0 Å². The Morgan fingerprint density at radius 2 is 1.80 bits per heavy atom. The van der Waals surface area contributed by atoms with Gasteiger partial charge in [-0.25, -0.2) is 4.98 Å². The van der Waals surface area contributed by atoms with E-state index >= 15 is 0 Å². The molecule has 4 rings (SSSR count). The van der Waals surface area contributed by atoms with Crippen molar-refractivity contribution in [2.75, 3.05) is 44.3 Å². The van der Waals surface area contributed by atoms with E-state index in [0.717, 1.165) is 54.2 Å². The van der Waals surface area contributed by atoms with Crippen molar-refractivity contribution < 1.29 is 9.53 Å². The number of aryl methyl sites for hydroxylation is 2. The zero-order valence-corrected chi connectivity index (χ0v) is 19.3. The first-order chi connectivity index (χ1) is 14.4. The first-order valence-corrected chi connectivity index (χ1v) is 11.4. The normalized spacial score (nSPS) is 14.9. The van der Waals surface area contributed by atoms with E-state index in [1.807, 2.05) is 6.92 Å². The summed E-state index contributed by atoms with van der Waals surface area (Å²) in [5.41, 5.74) is 3.67. The zero-order chi connectivity index (χ0) is 21.3. The van der Waals surface area contributed by atoms with E-state index in [-0.39, 0.29) is 5.91 Å². The first kappa shape index (κ1) is 21.5.